The minimum atomic E-state index is -1.20. The van der Waals surface area contributed by atoms with E-state index in [2.05, 4.69) is 10.6 Å². The van der Waals surface area contributed by atoms with Gasteiger partial charge in [0.1, 0.15) is 11.8 Å². The van der Waals surface area contributed by atoms with E-state index in [-0.39, 0.29) is 23.9 Å². The van der Waals surface area contributed by atoms with Crippen LogP contribution in [0.25, 0.3) is 10.4 Å². The number of carboxylic acid groups (broad SMARTS) is 1. The van der Waals surface area contributed by atoms with Gasteiger partial charge in [0.25, 0.3) is 0 Å². The standard InChI is InChI=1S/C30H34N2O6S2/c1-19(2)29(32-27(34)15-22-14-21(11-12-25(22)38-3)26-10-7-13-40-26)30(37)31-23(16-28(35)36)24(33)18-39-17-20-8-5-4-6-9-20/h4-14,19,23,29H,15-18H2,1-3H3,(H,31,37)(H,32,34)(H,35,36)/t23?,29-/m0/s1. The average Bonchev–Trinajstić information content (AvgIpc) is 3.46. The Morgan fingerprint density at radius 2 is 1.75 bits per heavy atom. The van der Waals surface area contributed by atoms with E-state index in [0.717, 1.165) is 16.0 Å². The van der Waals surface area contributed by atoms with Crippen molar-refractivity contribution in [3.05, 3.63) is 77.2 Å². The number of thiophene rings is 1. The zero-order chi connectivity index (χ0) is 29.1. The van der Waals surface area contributed by atoms with Gasteiger partial charge in [0.15, 0.2) is 5.78 Å². The van der Waals surface area contributed by atoms with Gasteiger partial charge >= 0.3 is 5.97 Å². The van der Waals surface area contributed by atoms with E-state index in [0.29, 0.717) is 17.1 Å². The van der Waals surface area contributed by atoms with Crippen molar-refractivity contribution in [2.75, 3.05) is 12.9 Å². The predicted molar refractivity (Wildman–Crippen MR) is 159 cm³/mol. The molecule has 8 nitrogen and oxygen atoms in total. The molecule has 3 aromatic rings. The predicted octanol–water partition coefficient (Wildman–Crippen LogP) is 4.57. The molecule has 2 amide bonds. The summed E-state index contributed by atoms with van der Waals surface area (Å²) in [5, 5.41) is 16.7. The fourth-order valence-electron chi connectivity index (χ4n) is 4.07. The normalized spacial score (nSPS) is 12.4. The lowest BCUT2D eigenvalue weighted by Crippen LogP contribution is -2.54. The molecule has 1 heterocycles. The molecular formula is C30H34N2O6S2. The maximum Gasteiger partial charge on any atom is 0.305 e. The number of ketones is 1. The summed E-state index contributed by atoms with van der Waals surface area (Å²) in [6.07, 6.45) is -0.561. The van der Waals surface area contributed by atoms with E-state index in [1.165, 1.54) is 18.9 Å². The Morgan fingerprint density at radius 3 is 2.38 bits per heavy atom. The summed E-state index contributed by atoms with van der Waals surface area (Å²) in [4.78, 5) is 51.6. The molecular weight excluding hydrogens is 548 g/mol. The summed E-state index contributed by atoms with van der Waals surface area (Å²) >= 11 is 2.94. The highest BCUT2D eigenvalue weighted by molar-refractivity contribution is 7.99. The van der Waals surface area contributed by atoms with Gasteiger partial charge in [-0.25, -0.2) is 0 Å². The maximum atomic E-state index is 13.2. The van der Waals surface area contributed by atoms with Crippen LogP contribution >= 0.6 is 23.1 Å². The first-order chi connectivity index (χ1) is 19.2. The maximum absolute atomic E-state index is 13.2. The van der Waals surface area contributed by atoms with Gasteiger partial charge in [-0.05, 0) is 46.7 Å². The molecule has 0 aliphatic rings. The molecule has 2 atom stereocenters. The van der Waals surface area contributed by atoms with Gasteiger partial charge in [-0.2, -0.15) is 0 Å². The number of amides is 2. The van der Waals surface area contributed by atoms with Crippen molar-refractivity contribution in [3.8, 4) is 16.2 Å². The van der Waals surface area contributed by atoms with Crippen molar-refractivity contribution in [2.45, 2.75) is 44.5 Å². The number of carbonyl (C=O) groups is 4. The molecule has 0 bridgehead atoms. The van der Waals surface area contributed by atoms with Crippen molar-refractivity contribution >= 4 is 46.7 Å². The Bertz CT molecular complexity index is 1290. The highest BCUT2D eigenvalue weighted by atomic mass is 32.2. The summed E-state index contributed by atoms with van der Waals surface area (Å²) in [6.45, 7) is 3.54. The Morgan fingerprint density at radius 1 is 1.00 bits per heavy atom. The number of carboxylic acids is 1. The second-order valence-electron chi connectivity index (χ2n) is 9.57. The van der Waals surface area contributed by atoms with Gasteiger partial charge in [-0.3, -0.25) is 19.2 Å². The lowest BCUT2D eigenvalue weighted by molar-refractivity contribution is -0.140. The van der Waals surface area contributed by atoms with Crippen LogP contribution in [0.4, 0.5) is 0 Å². The van der Waals surface area contributed by atoms with E-state index in [9.17, 15) is 24.3 Å². The molecule has 0 spiro atoms. The number of hydrogen-bond acceptors (Lipinski definition) is 7. The summed E-state index contributed by atoms with van der Waals surface area (Å²) < 4.78 is 5.44. The molecule has 1 aromatic heterocycles. The first-order valence-electron chi connectivity index (χ1n) is 12.8. The Labute approximate surface area is 242 Å². The number of benzene rings is 2. The lowest BCUT2D eigenvalue weighted by Gasteiger charge is -2.25. The van der Waals surface area contributed by atoms with Crippen LogP contribution in [0.2, 0.25) is 0 Å². The van der Waals surface area contributed by atoms with Crippen molar-refractivity contribution in [2.24, 2.45) is 5.92 Å². The SMILES string of the molecule is COc1ccc(-c2cccs2)cc1CC(=O)N[C@H](C(=O)NC(CC(=O)O)C(=O)CSCc1ccccc1)C(C)C. The van der Waals surface area contributed by atoms with E-state index >= 15 is 0 Å². The van der Waals surface area contributed by atoms with Gasteiger partial charge in [0, 0.05) is 16.2 Å². The van der Waals surface area contributed by atoms with Crippen LogP contribution in [-0.4, -0.2) is 53.6 Å². The molecule has 3 rings (SSSR count). The summed E-state index contributed by atoms with van der Waals surface area (Å²) in [7, 11) is 1.53. The van der Waals surface area contributed by atoms with Gasteiger partial charge < -0.3 is 20.5 Å². The Kier molecular flexibility index (Phi) is 11.8. The molecule has 0 radical (unpaired) electrons. The number of hydrogen-bond donors (Lipinski definition) is 3. The summed E-state index contributed by atoms with van der Waals surface area (Å²) in [5.41, 5.74) is 2.67. The first kappa shape index (κ1) is 30.9. The van der Waals surface area contributed by atoms with E-state index in [1.54, 1.807) is 25.2 Å². The molecule has 3 N–H and O–H groups in total. The minimum absolute atomic E-state index is 0.0213. The number of ether oxygens (including phenoxy) is 1. The van der Waals surface area contributed by atoms with Crippen molar-refractivity contribution in [3.63, 3.8) is 0 Å². The van der Waals surface area contributed by atoms with Gasteiger partial charge in [0.2, 0.25) is 11.8 Å². The minimum Gasteiger partial charge on any atom is -0.496 e. The third kappa shape index (κ3) is 9.24. The van der Waals surface area contributed by atoms with Crippen LogP contribution in [-0.2, 0) is 31.4 Å². The van der Waals surface area contributed by atoms with Crippen LogP contribution in [0, 0.1) is 5.92 Å². The Balaban J connectivity index is 1.65. The number of Topliss-reactive ketones (excluding diaryl/α,β-unsaturated/α-hetero) is 1. The molecule has 0 saturated heterocycles. The number of thioether (sulfide) groups is 1. The molecule has 10 heteroatoms. The van der Waals surface area contributed by atoms with Crippen molar-refractivity contribution in [1.82, 2.24) is 10.6 Å². The number of methoxy groups -OCH3 is 1. The lowest BCUT2D eigenvalue weighted by atomic mass is 10.0. The Hall–Kier alpha value is -3.63. The molecule has 0 fully saturated rings. The van der Waals surface area contributed by atoms with Crippen LogP contribution in [0.1, 0.15) is 31.4 Å². The second kappa shape index (κ2) is 15.2. The molecule has 1 unspecified atom stereocenters. The molecule has 0 aliphatic heterocycles. The molecule has 212 valence electrons. The number of rotatable bonds is 15. The highest BCUT2D eigenvalue weighted by Gasteiger charge is 2.30. The fraction of sp³-hybridized carbons (Fsp3) is 0.333. The van der Waals surface area contributed by atoms with Crippen LogP contribution < -0.4 is 15.4 Å². The molecule has 2 aromatic carbocycles. The average molecular weight is 583 g/mol. The largest absolute Gasteiger partial charge is 0.496 e. The third-order valence-electron chi connectivity index (χ3n) is 6.14. The van der Waals surface area contributed by atoms with Crippen LogP contribution in [0.15, 0.2) is 66.0 Å². The fourth-order valence-corrected chi connectivity index (χ4v) is 5.73. The summed E-state index contributed by atoms with van der Waals surface area (Å²) in [6, 6.07) is 17.0. The molecule has 0 saturated carbocycles. The van der Waals surface area contributed by atoms with Gasteiger partial charge in [-0.1, -0.05) is 50.2 Å². The van der Waals surface area contributed by atoms with Gasteiger partial charge in [0.05, 0.1) is 31.7 Å². The number of aliphatic carboxylic acids is 1. The van der Waals surface area contributed by atoms with E-state index in [4.69, 9.17) is 4.74 Å². The van der Waals surface area contributed by atoms with E-state index < -0.39 is 36.3 Å². The molecule has 0 aliphatic carbocycles. The summed E-state index contributed by atoms with van der Waals surface area (Å²) in [5.74, 6) is -1.70. The monoisotopic (exact) mass is 582 g/mol. The zero-order valence-electron chi connectivity index (χ0n) is 22.7. The quantitative estimate of drug-likeness (QED) is 0.240. The van der Waals surface area contributed by atoms with Crippen molar-refractivity contribution < 1.29 is 29.0 Å². The number of carbonyl (C=O) groups excluding carboxylic acids is 3. The van der Waals surface area contributed by atoms with E-state index in [1.807, 2.05) is 66.0 Å². The third-order valence-corrected chi connectivity index (χ3v) is 8.09. The topological polar surface area (TPSA) is 122 Å². The van der Waals surface area contributed by atoms with Gasteiger partial charge in [-0.15, -0.1) is 23.1 Å². The molecule has 40 heavy (non-hydrogen) atoms. The van der Waals surface area contributed by atoms with Crippen LogP contribution in [0.3, 0.4) is 0 Å². The number of nitrogens with one attached hydrogen (secondary N) is 2. The second-order valence-corrected chi connectivity index (χ2v) is 11.5. The smallest absolute Gasteiger partial charge is 0.305 e. The van der Waals surface area contributed by atoms with Crippen molar-refractivity contribution in [1.29, 1.82) is 0 Å². The first-order valence-corrected chi connectivity index (χ1v) is 14.9. The highest BCUT2D eigenvalue weighted by Crippen LogP contribution is 2.30. The zero-order valence-corrected chi connectivity index (χ0v) is 24.3. The van der Waals surface area contributed by atoms with Crippen LogP contribution in [0.5, 0.6) is 5.75 Å².